The number of carbonyl (C=O) groups excluding carboxylic acids is 2. The number of hydrogen-bond donors (Lipinski definition) is 2. The molecule has 0 aliphatic rings. The van der Waals surface area contributed by atoms with Crippen LogP contribution in [0.5, 0.6) is 0 Å². The number of nitrogens with one attached hydrogen (secondary N) is 2. The van der Waals surface area contributed by atoms with Crippen LogP contribution in [-0.2, 0) is 9.59 Å². The van der Waals surface area contributed by atoms with Crippen LogP contribution in [0.3, 0.4) is 0 Å². The fraction of sp³-hybridized carbons (Fsp3) is 0.227. The van der Waals surface area contributed by atoms with E-state index in [1.807, 2.05) is 54.7 Å². The van der Waals surface area contributed by atoms with Crippen LogP contribution in [0.2, 0.25) is 0 Å². The Balaban J connectivity index is 1.46. The van der Waals surface area contributed by atoms with Gasteiger partial charge in [-0.1, -0.05) is 37.3 Å². The van der Waals surface area contributed by atoms with Crippen molar-refractivity contribution in [3.8, 4) is 5.69 Å². The van der Waals surface area contributed by atoms with Crippen LogP contribution in [0.15, 0.2) is 73.1 Å². The molecule has 28 heavy (non-hydrogen) atoms. The lowest BCUT2D eigenvalue weighted by atomic mass is 9.93. The Bertz CT molecular complexity index is 890. The molecule has 2 aromatic carbocycles. The molecule has 0 saturated carbocycles. The monoisotopic (exact) mass is 376 g/mol. The van der Waals surface area contributed by atoms with Crippen molar-refractivity contribution in [2.24, 2.45) is 0 Å². The highest BCUT2D eigenvalue weighted by molar-refractivity contribution is 5.94. The summed E-state index contributed by atoms with van der Waals surface area (Å²) in [7, 11) is 0. The predicted molar refractivity (Wildman–Crippen MR) is 109 cm³/mol. The van der Waals surface area contributed by atoms with E-state index in [9.17, 15) is 9.59 Å². The molecule has 1 unspecified atom stereocenters. The Hall–Kier alpha value is -3.41. The van der Waals surface area contributed by atoms with Crippen LogP contribution >= 0.6 is 0 Å². The van der Waals surface area contributed by atoms with E-state index in [4.69, 9.17) is 0 Å². The van der Waals surface area contributed by atoms with Crippen LogP contribution in [0, 0.1) is 0 Å². The molecule has 1 atom stereocenters. The van der Waals surface area contributed by atoms with E-state index >= 15 is 0 Å². The first kappa shape index (κ1) is 19.4. The van der Waals surface area contributed by atoms with Gasteiger partial charge < -0.3 is 10.6 Å². The number of amides is 2. The number of benzene rings is 2. The second-order valence-electron chi connectivity index (χ2n) is 6.54. The van der Waals surface area contributed by atoms with Crippen LogP contribution in [-0.4, -0.2) is 28.1 Å². The summed E-state index contributed by atoms with van der Waals surface area (Å²) in [6.07, 6.45) is 4.79. The number of aromatic nitrogens is 2. The average molecular weight is 376 g/mol. The standard InChI is InChI=1S/C22H24N4O2/c1-2-17(18-7-4-3-5-8-18)15-21(27)23-16-22(28)25-19-9-11-20(12-10-19)26-14-6-13-24-26/h3-14,17H,2,15-16H2,1H3,(H,23,27)(H,25,28). The highest BCUT2D eigenvalue weighted by atomic mass is 16.2. The first-order valence-corrected chi connectivity index (χ1v) is 9.37. The third-order valence-electron chi connectivity index (χ3n) is 4.56. The number of rotatable bonds is 8. The summed E-state index contributed by atoms with van der Waals surface area (Å²) in [6, 6.07) is 19.2. The summed E-state index contributed by atoms with van der Waals surface area (Å²) >= 11 is 0. The fourth-order valence-corrected chi connectivity index (χ4v) is 3.02. The molecule has 6 nitrogen and oxygen atoms in total. The molecular weight excluding hydrogens is 352 g/mol. The maximum Gasteiger partial charge on any atom is 0.243 e. The van der Waals surface area contributed by atoms with E-state index in [1.165, 1.54) is 0 Å². The molecule has 1 aromatic heterocycles. The summed E-state index contributed by atoms with van der Waals surface area (Å²) in [6.45, 7) is 2.01. The van der Waals surface area contributed by atoms with Gasteiger partial charge in [0, 0.05) is 24.5 Å². The molecule has 3 aromatic rings. The van der Waals surface area contributed by atoms with Crippen molar-refractivity contribution < 1.29 is 9.59 Å². The van der Waals surface area contributed by atoms with Crippen molar-refractivity contribution in [3.05, 3.63) is 78.6 Å². The molecule has 0 radical (unpaired) electrons. The van der Waals surface area contributed by atoms with Gasteiger partial charge in [-0.25, -0.2) is 4.68 Å². The Labute approximate surface area is 164 Å². The maximum absolute atomic E-state index is 12.2. The molecule has 0 spiro atoms. The molecule has 3 rings (SSSR count). The van der Waals surface area contributed by atoms with Gasteiger partial charge in [0.15, 0.2) is 0 Å². The minimum atomic E-state index is -0.257. The first-order chi connectivity index (χ1) is 13.7. The highest BCUT2D eigenvalue weighted by Crippen LogP contribution is 2.22. The minimum Gasteiger partial charge on any atom is -0.347 e. The van der Waals surface area contributed by atoms with Gasteiger partial charge in [0.25, 0.3) is 0 Å². The third-order valence-corrected chi connectivity index (χ3v) is 4.56. The zero-order valence-electron chi connectivity index (χ0n) is 15.8. The molecule has 0 aliphatic heterocycles. The van der Waals surface area contributed by atoms with E-state index in [2.05, 4.69) is 22.7 Å². The van der Waals surface area contributed by atoms with Gasteiger partial charge in [0.2, 0.25) is 11.8 Å². The van der Waals surface area contributed by atoms with E-state index in [-0.39, 0.29) is 24.3 Å². The molecule has 1 heterocycles. The molecule has 0 bridgehead atoms. The Morgan fingerprint density at radius 2 is 1.75 bits per heavy atom. The summed E-state index contributed by atoms with van der Waals surface area (Å²) in [4.78, 5) is 24.3. The zero-order valence-corrected chi connectivity index (χ0v) is 15.8. The third kappa shape index (κ3) is 5.30. The largest absolute Gasteiger partial charge is 0.347 e. The lowest BCUT2D eigenvalue weighted by Crippen LogP contribution is -2.33. The van der Waals surface area contributed by atoms with Gasteiger partial charge in [-0.2, -0.15) is 5.10 Å². The zero-order chi connectivity index (χ0) is 19.8. The Kier molecular flexibility index (Phi) is 6.57. The van der Waals surface area contributed by atoms with Gasteiger partial charge in [0.05, 0.1) is 12.2 Å². The van der Waals surface area contributed by atoms with E-state index in [0.29, 0.717) is 12.1 Å². The van der Waals surface area contributed by atoms with E-state index in [1.54, 1.807) is 23.0 Å². The van der Waals surface area contributed by atoms with Crippen molar-refractivity contribution in [1.82, 2.24) is 15.1 Å². The van der Waals surface area contributed by atoms with Crippen molar-refractivity contribution in [2.75, 3.05) is 11.9 Å². The van der Waals surface area contributed by atoms with Gasteiger partial charge in [-0.05, 0) is 48.2 Å². The summed E-state index contributed by atoms with van der Waals surface area (Å²) in [5.41, 5.74) is 2.72. The topological polar surface area (TPSA) is 76.0 Å². The number of hydrogen-bond acceptors (Lipinski definition) is 3. The van der Waals surface area contributed by atoms with Crippen molar-refractivity contribution in [3.63, 3.8) is 0 Å². The normalized spacial score (nSPS) is 11.6. The molecule has 6 heteroatoms. The van der Waals surface area contributed by atoms with Gasteiger partial charge >= 0.3 is 0 Å². The predicted octanol–water partition coefficient (Wildman–Crippen LogP) is 3.51. The Morgan fingerprint density at radius 3 is 2.39 bits per heavy atom. The van der Waals surface area contributed by atoms with E-state index in [0.717, 1.165) is 17.7 Å². The Morgan fingerprint density at radius 1 is 1.00 bits per heavy atom. The minimum absolute atomic E-state index is 0.0506. The molecule has 0 aliphatic carbocycles. The maximum atomic E-state index is 12.2. The fourth-order valence-electron chi connectivity index (χ4n) is 3.02. The first-order valence-electron chi connectivity index (χ1n) is 9.37. The summed E-state index contributed by atoms with van der Waals surface area (Å²) in [5, 5.41) is 9.65. The second kappa shape index (κ2) is 9.50. The van der Waals surface area contributed by atoms with Crippen molar-refractivity contribution >= 4 is 17.5 Å². The number of anilines is 1. The quantitative estimate of drug-likeness (QED) is 0.632. The van der Waals surface area contributed by atoms with Crippen LogP contribution < -0.4 is 10.6 Å². The molecular formula is C22H24N4O2. The van der Waals surface area contributed by atoms with Crippen LogP contribution in [0.25, 0.3) is 5.69 Å². The molecule has 0 fully saturated rings. The molecule has 144 valence electrons. The highest BCUT2D eigenvalue weighted by Gasteiger charge is 2.14. The van der Waals surface area contributed by atoms with Gasteiger partial charge in [-0.15, -0.1) is 0 Å². The van der Waals surface area contributed by atoms with E-state index < -0.39 is 0 Å². The van der Waals surface area contributed by atoms with Gasteiger partial charge in [-0.3, -0.25) is 9.59 Å². The number of nitrogens with zero attached hydrogens (tertiary/aromatic N) is 2. The van der Waals surface area contributed by atoms with Crippen LogP contribution in [0.1, 0.15) is 31.2 Å². The van der Waals surface area contributed by atoms with Crippen molar-refractivity contribution in [1.29, 1.82) is 0 Å². The van der Waals surface area contributed by atoms with Gasteiger partial charge in [0.1, 0.15) is 0 Å². The SMILES string of the molecule is CCC(CC(=O)NCC(=O)Nc1ccc(-n2cccn2)cc1)c1ccccc1. The molecule has 0 saturated heterocycles. The number of carbonyl (C=O) groups is 2. The summed E-state index contributed by atoms with van der Waals surface area (Å²) in [5.74, 6) is -0.230. The summed E-state index contributed by atoms with van der Waals surface area (Å²) < 4.78 is 1.74. The smallest absolute Gasteiger partial charge is 0.243 e. The van der Waals surface area contributed by atoms with Crippen molar-refractivity contribution in [2.45, 2.75) is 25.7 Å². The lowest BCUT2D eigenvalue weighted by molar-refractivity contribution is -0.124. The van der Waals surface area contributed by atoms with Crippen LogP contribution in [0.4, 0.5) is 5.69 Å². The average Bonchev–Trinajstić information content (AvgIpc) is 3.26. The lowest BCUT2D eigenvalue weighted by Gasteiger charge is -2.15. The molecule has 2 N–H and O–H groups in total. The second-order valence-corrected chi connectivity index (χ2v) is 6.54. The molecule has 2 amide bonds.